The van der Waals surface area contributed by atoms with Crippen LogP contribution in [0.2, 0.25) is 0 Å². The maximum Gasteiger partial charge on any atom is 0.327 e. The lowest BCUT2D eigenvalue weighted by Crippen LogP contribution is -2.48. The first-order chi connectivity index (χ1) is 12.1. The van der Waals surface area contributed by atoms with Gasteiger partial charge < -0.3 is 14.3 Å². The third-order valence-electron chi connectivity index (χ3n) is 5.56. The van der Waals surface area contributed by atoms with E-state index in [0.717, 1.165) is 37.0 Å². The zero-order valence-electron chi connectivity index (χ0n) is 14.4. The van der Waals surface area contributed by atoms with Gasteiger partial charge in [0.2, 0.25) is 5.91 Å². The molecule has 0 atom stereocenters. The van der Waals surface area contributed by atoms with Crippen LogP contribution in [0.25, 0.3) is 0 Å². The molecule has 0 radical (unpaired) electrons. The zero-order chi connectivity index (χ0) is 17.6. The molecule has 8 nitrogen and oxygen atoms in total. The highest BCUT2D eigenvalue weighted by atomic mass is 16.5. The highest BCUT2D eigenvalue weighted by molar-refractivity contribution is 6.01. The summed E-state index contributed by atoms with van der Waals surface area (Å²) >= 11 is 0. The van der Waals surface area contributed by atoms with E-state index in [2.05, 4.69) is 5.16 Å². The molecular formula is C17H22N4O4. The Morgan fingerprint density at radius 2 is 1.88 bits per heavy atom. The molecule has 4 rings (SSSR count). The van der Waals surface area contributed by atoms with Gasteiger partial charge in [-0.25, -0.2) is 4.79 Å². The molecule has 1 aromatic heterocycles. The van der Waals surface area contributed by atoms with Crippen molar-refractivity contribution in [3.05, 3.63) is 17.0 Å². The van der Waals surface area contributed by atoms with Crippen LogP contribution in [0.15, 0.2) is 4.52 Å². The Morgan fingerprint density at radius 3 is 2.56 bits per heavy atom. The Morgan fingerprint density at radius 1 is 1.16 bits per heavy atom. The first-order valence-electron chi connectivity index (χ1n) is 8.90. The van der Waals surface area contributed by atoms with Crippen molar-refractivity contribution < 1.29 is 18.9 Å². The fourth-order valence-electron chi connectivity index (χ4n) is 3.99. The van der Waals surface area contributed by atoms with E-state index in [-0.39, 0.29) is 30.4 Å². The van der Waals surface area contributed by atoms with Gasteiger partial charge in [0.05, 0.1) is 0 Å². The van der Waals surface area contributed by atoms with Gasteiger partial charge in [-0.1, -0.05) is 5.16 Å². The quantitative estimate of drug-likeness (QED) is 0.747. The molecule has 0 saturated carbocycles. The molecule has 25 heavy (non-hydrogen) atoms. The van der Waals surface area contributed by atoms with E-state index in [4.69, 9.17) is 4.52 Å². The molecule has 2 saturated heterocycles. The van der Waals surface area contributed by atoms with Gasteiger partial charge in [0.25, 0.3) is 5.91 Å². The van der Waals surface area contributed by atoms with Gasteiger partial charge in [0.1, 0.15) is 12.3 Å². The third kappa shape index (κ3) is 2.69. The number of aryl methyl sites for hydroxylation is 1. The maximum atomic E-state index is 12.8. The first-order valence-corrected chi connectivity index (χ1v) is 8.90. The van der Waals surface area contributed by atoms with Crippen LogP contribution in [0.1, 0.15) is 47.5 Å². The Kier molecular flexibility index (Phi) is 3.97. The fraction of sp³-hybridized carbons (Fsp3) is 0.647. The number of likely N-dealkylation sites (tertiary alicyclic amines) is 1. The molecule has 3 aliphatic rings. The second kappa shape index (κ2) is 6.16. The van der Waals surface area contributed by atoms with Crippen LogP contribution in [0.3, 0.4) is 0 Å². The summed E-state index contributed by atoms with van der Waals surface area (Å²) in [5.74, 6) is 0.609. The lowest BCUT2D eigenvalue weighted by molar-refractivity contribution is -0.124. The summed E-state index contributed by atoms with van der Waals surface area (Å²) in [5.41, 5.74) is 1.43. The number of urea groups is 1. The molecule has 3 heterocycles. The van der Waals surface area contributed by atoms with Gasteiger partial charge in [-0.2, -0.15) is 0 Å². The SMILES string of the molecule is CN1C(=O)CN(C2CCN(C(=O)c3noc4c3CCCC4)CC2)C1=O. The van der Waals surface area contributed by atoms with Gasteiger partial charge in [-0.05, 0) is 32.1 Å². The van der Waals surface area contributed by atoms with Gasteiger partial charge >= 0.3 is 6.03 Å². The molecular weight excluding hydrogens is 324 g/mol. The van der Waals surface area contributed by atoms with Crippen molar-refractivity contribution in [3.8, 4) is 0 Å². The van der Waals surface area contributed by atoms with Crippen molar-refractivity contribution in [2.24, 2.45) is 0 Å². The number of likely N-dealkylation sites (N-methyl/N-ethyl adjacent to an activating group) is 1. The van der Waals surface area contributed by atoms with Crippen LogP contribution >= 0.6 is 0 Å². The van der Waals surface area contributed by atoms with E-state index < -0.39 is 0 Å². The summed E-state index contributed by atoms with van der Waals surface area (Å²) in [6, 6.07) is -0.225. The normalized spacial score (nSPS) is 21.9. The summed E-state index contributed by atoms with van der Waals surface area (Å²) in [6.07, 6.45) is 5.22. The molecule has 4 amide bonds. The molecule has 8 heteroatoms. The highest BCUT2D eigenvalue weighted by Crippen LogP contribution is 2.27. The molecule has 1 aromatic rings. The summed E-state index contributed by atoms with van der Waals surface area (Å²) in [6.45, 7) is 1.27. The molecule has 0 N–H and O–H groups in total. The van der Waals surface area contributed by atoms with Crippen LogP contribution in [0.5, 0.6) is 0 Å². The largest absolute Gasteiger partial charge is 0.360 e. The van der Waals surface area contributed by atoms with Crippen molar-refractivity contribution in [2.75, 3.05) is 26.7 Å². The Labute approximate surface area is 145 Å². The molecule has 0 unspecified atom stereocenters. The maximum absolute atomic E-state index is 12.8. The average molecular weight is 346 g/mol. The van der Waals surface area contributed by atoms with Gasteiger partial charge in [0.15, 0.2) is 5.69 Å². The highest BCUT2D eigenvalue weighted by Gasteiger charge is 2.39. The Hall–Kier alpha value is -2.38. The molecule has 2 aliphatic heterocycles. The third-order valence-corrected chi connectivity index (χ3v) is 5.56. The molecule has 0 bridgehead atoms. The van der Waals surface area contributed by atoms with E-state index in [1.165, 1.54) is 11.9 Å². The van der Waals surface area contributed by atoms with E-state index in [0.29, 0.717) is 31.6 Å². The van der Waals surface area contributed by atoms with Crippen LogP contribution < -0.4 is 0 Å². The number of hydrogen-bond donors (Lipinski definition) is 0. The van der Waals surface area contributed by atoms with Gasteiger partial charge in [-0.3, -0.25) is 14.5 Å². The smallest absolute Gasteiger partial charge is 0.327 e. The number of fused-ring (bicyclic) bond motifs is 1. The van der Waals surface area contributed by atoms with Crippen LogP contribution in [0, 0.1) is 0 Å². The average Bonchev–Trinajstić information content (AvgIpc) is 3.18. The number of imide groups is 1. The fourth-order valence-corrected chi connectivity index (χ4v) is 3.99. The molecule has 2 fully saturated rings. The number of amides is 4. The Balaban J connectivity index is 1.40. The van der Waals surface area contributed by atoms with Crippen molar-refractivity contribution in [3.63, 3.8) is 0 Å². The van der Waals surface area contributed by atoms with E-state index in [1.807, 2.05) is 0 Å². The van der Waals surface area contributed by atoms with Crippen LogP contribution in [-0.2, 0) is 17.6 Å². The van der Waals surface area contributed by atoms with Crippen LogP contribution in [-0.4, -0.2) is 70.4 Å². The predicted molar refractivity (Wildman–Crippen MR) is 86.9 cm³/mol. The van der Waals surface area contributed by atoms with E-state index >= 15 is 0 Å². The number of hydrogen-bond acceptors (Lipinski definition) is 5. The number of nitrogens with zero attached hydrogens (tertiary/aromatic N) is 4. The monoisotopic (exact) mass is 346 g/mol. The standard InChI is InChI=1S/C17H22N4O4/c1-19-14(22)10-21(17(19)24)11-6-8-20(9-7-11)16(23)15-12-4-2-3-5-13(12)25-18-15/h11H,2-10H2,1H3. The second-order valence-corrected chi connectivity index (χ2v) is 7.03. The number of piperidine rings is 1. The summed E-state index contributed by atoms with van der Waals surface area (Å²) in [4.78, 5) is 41.2. The van der Waals surface area contributed by atoms with Crippen LogP contribution in [0.4, 0.5) is 4.79 Å². The minimum absolute atomic E-state index is 0.0108. The van der Waals surface area contributed by atoms with Crippen molar-refractivity contribution in [1.29, 1.82) is 0 Å². The van der Waals surface area contributed by atoms with Crippen molar-refractivity contribution in [1.82, 2.24) is 19.9 Å². The molecule has 134 valence electrons. The van der Waals surface area contributed by atoms with E-state index in [1.54, 1.807) is 9.80 Å². The number of carbonyl (C=O) groups is 3. The minimum Gasteiger partial charge on any atom is -0.360 e. The summed E-state index contributed by atoms with van der Waals surface area (Å²) < 4.78 is 5.35. The van der Waals surface area contributed by atoms with Crippen molar-refractivity contribution >= 4 is 17.8 Å². The second-order valence-electron chi connectivity index (χ2n) is 7.03. The number of rotatable bonds is 2. The minimum atomic E-state index is -0.236. The number of carbonyl (C=O) groups excluding carboxylic acids is 3. The Bertz CT molecular complexity index is 720. The lowest BCUT2D eigenvalue weighted by Gasteiger charge is -2.35. The summed E-state index contributed by atoms with van der Waals surface area (Å²) in [5, 5.41) is 4.02. The van der Waals surface area contributed by atoms with Gasteiger partial charge in [-0.15, -0.1) is 0 Å². The topological polar surface area (TPSA) is 87.0 Å². The number of aromatic nitrogens is 1. The van der Waals surface area contributed by atoms with Gasteiger partial charge in [0, 0.05) is 38.2 Å². The zero-order valence-corrected chi connectivity index (χ0v) is 14.4. The first kappa shape index (κ1) is 16.1. The molecule has 0 aromatic carbocycles. The van der Waals surface area contributed by atoms with E-state index in [9.17, 15) is 14.4 Å². The summed E-state index contributed by atoms with van der Waals surface area (Å²) in [7, 11) is 1.51. The van der Waals surface area contributed by atoms with Crippen molar-refractivity contribution in [2.45, 2.75) is 44.6 Å². The molecule has 1 aliphatic carbocycles. The molecule has 0 spiro atoms. The lowest BCUT2D eigenvalue weighted by atomic mass is 9.95. The predicted octanol–water partition coefficient (Wildman–Crippen LogP) is 1.05.